The summed E-state index contributed by atoms with van der Waals surface area (Å²) in [5.41, 5.74) is 4.68. The molecule has 0 spiro atoms. The molecular formula is C24H20FNO2. The fourth-order valence-electron chi connectivity index (χ4n) is 3.87. The molecule has 2 aromatic carbocycles. The Bertz CT molecular complexity index is 1220. The molecule has 0 atom stereocenters. The highest BCUT2D eigenvalue weighted by Gasteiger charge is 2.21. The Balaban J connectivity index is 2.19. The number of benzene rings is 2. The first-order valence-electron chi connectivity index (χ1n) is 9.20. The van der Waals surface area contributed by atoms with E-state index in [9.17, 15) is 14.3 Å². The molecule has 0 aliphatic rings. The fraction of sp³-hybridized carbons (Fsp3) is 0.125. The summed E-state index contributed by atoms with van der Waals surface area (Å²) in [6.07, 6.45) is 4.81. The summed E-state index contributed by atoms with van der Waals surface area (Å²) in [6.45, 7) is 4.20. The van der Waals surface area contributed by atoms with E-state index >= 15 is 0 Å². The van der Waals surface area contributed by atoms with Gasteiger partial charge in [0, 0.05) is 23.2 Å². The van der Waals surface area contributed by atoms with Gasteiger partial charge in [-0.05, 0) is 58.8 Å². The number of nitrogens with zero attached hydrogens (tertiary/aromatic N) is 1. The van der Waals surface area contributed by atoms with Gasteiger partial charge in [0.1, 0.15) is 5.82 Å². The number of halogens is 1. The lowest BCUT2D eigenvalue weighted by Crippen LogP contribution is -1.92. The lowest BCUT2D eigenvalue weighted by Gasteiger charge is -2.08. The number of pyridine rings is 1. The van der Waals surface area contributed by atoms with Gasteiger partial charge in [-0.3, -0.25) is 0 Å². The maximum atomic E-state index is 13.5. The monoisotopic (exact) mass is 373 g/mol. The molecule has 4 aromatic rings. The molecule has 0 saturated heterocycles. The molecule has 3 nitrogen and oxygen atoms in total. The van der Waals surface area contributed by atoms with Crippen molar-refractivity contribution >= 4 is 28.3 Å². The van der Waals surface area contributed by atoms with E-state index < -0.39 is 5.97 Å². The van der Waals surface area contributed by atoms with Crippen LogP contribution in [0.3, 0.4) is 0 Å². The molecule has 4 heteroatoms. The second kappa shape index (κ2) is 6.97. The van der Waals surface area contributed by atoms with Gasteiger partial charge in [0.15, 0.2) is 0 Å². The Morgan fingerprint density at radius 3 is 2.46 bits per heavy atom. The number of hydrogen-bond acceptors (Lipinski definition) is 1. The SMILES string of the molecule is CC(C)c1c(/C=C/C(=O)O)c(-c2ccc(F)cc2)n2ccc3ccccc3c12. The molecule has 0 saturated carbocycles. The third kappa shape index (κ3) is 2.97. The van der Waals surface area contributed by atoms with Crippen molar-refractivity contribution in [2.45, 2.75) is 19.8 Å². The Labute approximate surface area is 162 Å². The Morgan fingerprint density at radius 1 is 1.07 bits per heavy atom. The lowest BCUT2D eigenvalue weighted by molar-refractivity contribution is -0.131. The summed E-state index contributed by atoms with van der Waals surface area (Å²) in [4.78, 5) is 11.2. The van der Waals surface area contributed by atoms with Crippen LogP contribution in [-0.4, -0.2) is 15.5 Å². The van der Waals surface area contributed by atoms with E-state index in [0.717, 1.165) is 44.7 Å². The van der Waals surface area contributed by atoms with Crippen molar-refractivity contribution in [3.05, 3.63) is 83.8 Å². The quantitative estimate of drug-likeness (QED) is 0.438. The zero-order valence-electron chi connectivity index (χ0n) is 15.7. The molecule has 2 heterocycles. The molecule has 28 heavy (non-hydrogen) atoms. The number of carbonyl (C=O) groups is 1. The highest BCUT2D eigenvalue weighted by molar-refractivity contribution is 6.02. The van der Waals surface area contributed by atoms with Crippen molar-refractivity contribution < 1.29 is 14.3 Å². The van der Waals surface area contributed by atoms with E-state index in [0.29, 0.717) is 0 Å². The maximum Gasteiger partial charge on any atom is 0.328 e. The number of fused-ring (bicyclic) bond motifs is 3. The minimum atomic E-state index is -1.00. The van der Waals surface area contributed by atoms with Crippen LogP contribution in [0.4, 0.5) is 4.39 Å². The van der Waals surface area contributed by atoms with Crippen LogP contribution in [-0.2, 0) is 4.79 Å². The molecule has 0 radical (unpaired) electrons. The van der Waals surface area contributed by atoms with E-state index in [4.69, 9.17) is 0 Å². The molecule has 0 aliphatic carbocycles. The minimum absolute atomic E-state index is 0.170. The number of rotatable bonds is 4. The van der Waals surface area contributed by atoms with Gasteiger partial charge in [0.05, 0.1) is 11.2 Å². The second-order valence-electron chi connectivity index (χ2n) is 7.13. The Hall–Kier alpha value is -3.40. The van der Waals surface area contributed by atoms with E-state index in [1.54, 1.807) is 18.2 Å². The first kappa shape index (κ1) is 18.0. The lowest BCUT2D eigenvalue weighted by atomic mass is 9.95. The zero-order chi connectivity index (χ0) is 19.8. The van der Waals surface area contributed by atoms with E-state index in [2.05, 4.69) is 30.4 Å². The van der Waals surface area contributed by atoms with Gasteiger partial charge in [0.25, 0.3) is 0 Å². The molecular weight excluding hydrogens is 353 g/mol. The maximum absolute atomic E-state index is 13.5. The molecule has 0 fully saturated rings. The van der Waals surface area contributed by atoms with Crippen LogP contribution < -0.4 is 0 Å². The van der Waals surface area contributed by atoms with Crippen LogP contribution in [0, 0.1) is 5.82 Å². The average molecular weight is 373 g/mol. The van der Waals surface area contributed by atoms with E-state index in [1.165, 1.54) is 12.1 Å². The molecule has 4 rings (SSSR count). The van der Waals surface area contributed by atoms with Crippen molar-refractivity contribution in [3.63, 3.8) is 0 Å². The standard InChI is InChI=1S/C24H20FNO2/c1-15(2)22-20(11-12-21(27)28)23(17-7-9-18(25)10-8-17)26-14-13-16-5-3-4-6-19(16)24(22)26/h3-15H,1-2H3,(H,27,28)/b12-11+. The normalized spacial score (nSPS) is 11.9. The average Bonchev–Trinajstić information content (AvgIpc) is 3.02. The van der Waals surface area contributed by atoms with E-state index in [1.807, 2.05) is 24.4 Å². The van der Waals surface area contributed by atoms with E-state index in [-0.39, 0.29) is 11.7 Å². The van der Waals surface area contributed by atoms with Crippen molar-refractivity contribution in [2.75, 3.05) is 0 Å². The van der Waals surface area contributed by atoms with Gasteiger partial charge >= 0.3 is 5.97 Å². The van der Waals surface area contributed by atoms with Crippen LogP contribution >= 0.6 is 0 Å². The smallest absolute Gasteiger partial charge is 0.328 e. The summed E-state index contributed by atoms with van der Waals surface area (Å²) in [5, 5.41) is 11.4. The molecule has 140 valence electrons. The fourth-order valence-corrected chi connectivity index (χ4v) is 3.87. The summed E-state index contributed by atoms with van der Waals surface area (Å²) in [6, 6.07) is 16.5. The third-order valence-electron chi connectivity index (χ3n) is 4.99. The summed E-state index contributed by atoms with van der Waals surface area (Å²) < 4.78 is 15.6. The molecule has 0 unspecified atom stereocenters. The number of carboxylic acid groups (broad SMARTS) is 1. The van der Waals surface area contributed by atoms with Crippen LogP contribution in [0.2, 0.25) is 0 Å². The van der Waals surface area contributed by atoms with Crippen LogP contribution in [0.25, 0.3) is 33.6 Å². The molecule has 2 aromatic heterocycles. The Kier molecular flexibility index (Phi) is 4.47. The molecule has 1 N–H and O–H groups in total. The molecule has 0 amide bonds. The first-order valence-corrected chi connectivity index (χ1v) is 9.20. The highest BCUT2D eigenvalue weighted by atomic mass is 19.1. The number of carboxylic acids is 1. The van der Waals surface area contributed by atoms with Crippen molar-refractivity contribution in [3.8, 4) is 11.3 Å². The van der Waals surface area contributed by atoms with Gasteiger partial charge < -0.3 is 9.51 Å². The van der Waals surface area contributed by atoms with Gasteiger partial charge in [-0.1, -0.05) is 38.1 Å². The first-order chi connectivity index (χ1) is 13.5. The summed E-state index contributed by atoms with van der Waals surface area (Å²) in [7, 11) is 0. The largest absolute Gasteiger partial charge is 0.478 e. The summed E-state index contributed by atoms with van der Waals surface area (Å²) in [5.74, 6) is -1.13. The van der Waals surface area contributed by atoms with Crippen LogP contribution in [0.5, 0.6) is 0 Å². The highest BCUT2D eigenvalue weighted by Crippen LogP contribution is 2.40. The topological polar surface area (TPSA) is 41.7 Å². The third-order valence-corrected chi connectivity index (χ3v) is 4.99. The van der Waals surface area contributed by atoms with Gasteiger partial charge in [-0.25, -0.2) is 9.18 Å². The number of aliphatic carboxylic acids is 1. The summed E-state index contributed by atoms with van der Waals surface area (Å²) >= 11 is 0. The second-order valence-corrected chi connectivity index (χ2v) is 7.13. The van der Waals surface area contributed by atoms with Gasteiger partial charge in [0.2, 0.25) is 0 Å². The minimum Gasteiger partial charge on any atom is -0.478 e. The van der Waals surface area contributed by atoms with Crippen molar-refractivity contribution in [2.24, 2.45) is 0 Å². The Morgan fingerprint density at radius 2 is 1.79 bits per heavy atom. The zero-order valence-corrected chi connectivity index (χ0v) is 15.7. The van der Waals surface area contributed by atoms with Crippen LogP contribution in [0.15, 0.2) is 66.9 Å². The van der Waals surface area contributed by atoms with Gasteiger partial charge in [-0.2, -0.15) is 0 Å². The van der Waals surface area contributed by atoms with Crippen LogP contribution in [0.1, 0.15) is 30.9 Å². The number of aromatic nitrogens is 1. The predicted molar refractivity (Wildman–Crippen MR) is 111 cm³/mol. The number of hydrogen-bond donors (Lipinski definition) is 1. The van der Waals surface area contributed by atoms with Crippen molar-refractivity contribution in [1.29, 1.82) is 0 Å². The molecule has 0 aliphatic heterocycles. The molecule has 0 bridgehead atoms. The van der Waals surface area contributed by atoms with Crippen molar-refractivity contribution in [1.82, 2.24) is 4.40 Å². The van der Waals surface area contributed by atoms with Gasteiger partial charge in [-0.15, -0.1) is 0 Å². The predicted octanol–water partition coefficient (Wildman–Crippen LogP) is 6.12.